The van der Waals surface area contributed by atoms with E-state index in [4.69, 9.17) is 0 Å². The molecule has 2 heteroatoms. The molecule has 20 heavy (non-hydrogen) atoms. The molecule has 106 valence electrons. The van der Waals surface area contributed by atoms with Crippen LogP contribution < -0.4 is 5.32 Å². The minimum Gasteiger partial charge on any atom is -0.508 e. The Labute approximate surface area is 121 Å². The molecule has 1 aliphatic heterocycles. The Morgan fingerprint density at radius 3 is 2.95 bits per heavy atom. The van der Waals surface area contributed by atoms with Crippen molar-refractivity contribution < 1.29 is 5.11 Å². The molecule has 0 saturated carbocycles. The van der Waals surface area contributed by atoms with Crippen molar-refractivity contribution in [2.24, 2.45) is 0 Å². The summed E-state index contributed by atoms with van der Waals surface area (Å²) >= 11 is 0. The number of hydrogen-bond acceptors (Lipinski definition) is 2. The highest BCUT2D eigenvalue weighted by Gasteiger charge is 2.29. The molecule has 0 radical (unpaired) electrons. The zero-order valence-corrected chi connectivity index (χ0v) is 11.9. The van der Waals surface area contributed by atoms with E-state index >= 15 is 0 Å². The predicted molar refractivity (Wildman–Crippen MR) is 82.7 cm³/mol. The van der Waals surface area contributed by atoms with Crippen LogP contribution in [0.3, 0.4) is 0 Å². The van der Waals surface area contributed by atoms with Crippen molar-refractivity contribution in [1.29, 1.82) is 0 Å². The molecule has 1 aliphatic carbocycles. The smallest absolute Gasteiger partial charge is 0.115 e. The normalized spacial score (nSPS) is 26.2. The monoisotopic (exact) mass is 269 g/mol. The van der Waals surface area contributed by atoms with E-state index in [9.17, 15) is 5.11 Å². The number of phenols is 1. The molecule has 2 atom stereocenters. The molecule has 2 aliphatic rings. The largest absolute Gasteiger partial charge is 0.508 e. The zero-order valence-electron chi connectivity index (χ0n) is 11.9. The fourth-order valence-corrected chi connectivity index (χ4v) is 3.63. The quantitative estimate of drug-likeness (QED) is 0.804. The van der Waals surface area contributed by atoms with Gasteiger partial charge in [-0.25, -0.2) is 0 Å². The molecule has 1 unspecified atom stereocenters. The predicted octanol–water partition coefficient (Wildman–Crippen LogP) is 4.24. The summed E-state index contributed by atoms with van der Waals surface area (Å²) in [6.45, 7) is 3.90. The lowest BCUT2D eigenvalue weighted by Gasteiger charge is -2.37. The van der Waals surface area contributed by atoms with Gasteiger partial charge in [-0.15, -0.1) is 6.58 Å². The van der Waals surface area contributed by atoms with Crippen molar-refractivity contribution in [2.45, 2.75) is 50.6 Å². The molecule has 2 N–H and O–H groups in total. The average molecular weight is 269 g/mol. The third kappa shape index (κ3) is 2.66. The van der Waals surface area contributed by atoms with Crippen molar-refractivity contribution in [3.8, 4) is 5.75 Å². The molecular formula is C18H23NO. The number of nitrogens with one attached hydrogen (secondary N) is 1. The lowest BCUT2D eigenvalue weighted by Crippen LogP contribution is -2.39. The van der Waals surface area contributed by atoms with Crippen molar-refractivity contribution >= 4 is 0 Å². The molecular weight excluding hydrogens is 246 g/mol. The Morgan fingerprint density at radius 2 is 2.15 bits per heavy atom. The standard InChI is InChI=1S/C18H23NO/c1-2-6-17-16-10-4-3-7-13(16)12-18(19-17)14-8-5-9-15(20)11-14/h2,5,8-9,11,17-20H,1,3-4,6-7,10,12H2/t17?,18-/m0/s1. The van der Waals surface area contributed by atoms with Gasteiger partial charge < -0.3 is 10.4 Å². The SMILES string of the molecule is C=CCC1N[C@H](c2cccc(O)c2)CC2=C1CCCC2. The van der Waals surface area contributed by atoms with E-state index in [1.807, 2.05) is 18.2 Å². The van der Waals surface area contributed by atoms with Crippen LogP contribution in [0, 0.1) is 0 Å². The second-order valence-corrected chi connectivity index (χ2v) is 5.93. The van der Waals surface area contributed by atoms with E-state index in [1.54, 1.807) is 17.2 Å². The first kappa shape index (κ1) is 13.4. The summed E-state index contributed by atoms with van der Waals surface area (Å²) in [7, 11) is 0. The van der Waals surface area contributed by atoms with E-state index in [-0.39, 0.29) is 0 Å². The Balaban J connectivity index is 1.88. The molecule has 0 fully saturated rings. The number of benzene rings is 1. The summed E-state index contributed by atoms with van der Waals surface area (Å²) in [5.41, 5.74) is 4.47. The highest BCUT2D eigenvalue weighted by molar-refractivity contribution is 5.35. The van der Waals surface area contributed by atoms with Gasteiger partial charge in [-0.3, -0.25) is 0 Å². The minimum absolute atomic E-state index is 0.323. The minimum atomic E-state index is 0.323. The summed E-state index contributed by atoms with van der Waals surface area (Å²) in [5.74, 6) is 0.355. The summed E-state index contributed by atoms with van der Waals surface area (Å²) in [6, 6.07) is 8.42. The van der Waals surface area contributed by atoms with E-state index < -0.39 is 0 Å². The first-order valence-corrected chi connectivity index (χ1v) is 7.64. The highest BCUT2D eigenvalue weighted by Crippen LogP contribution is 2.39. The fraction of sp³-hybridized carbons (Fsp3) is 0.444. The van der Waals surface area contributed by atoms with Crippen LogP contribution in [-0.2, 0) is 0 Å². The zero-order chi connectivity index (χ0) is 13.9. The molecule has 1 aromatic rings. The average Bonchev–Trinajstić information content (AvgIpc) is 2.47. The summed E-state index contributed by atoms with van der Waals surface area (Å²) < 4.78 is 0. The van der Waals surface area contributed by atoms with Gasteiger partial charge in [0.2, 0.25) is 0 Å². The molecule has 0 bridgehead atoms. The molecule has 0 amide bonds. The van der Waals surface area contributed by atoms with Crippen LogP contribution in [0.4, 0.5) is 0 Å². The first-order chi connectivity index (χ1) is 9.78. The second-order valence-electron chi connectivity index (χ2n) is 5.93. The van der Waals surface area contributed by atoms with Gasteiger partial charge in [-0.05, 0) is 56.2 Å². The van der Waals surface area contributed by atoms with Gasteiger partial charge >= 0.3 is 0 Å². The van der Waals surface area contributed by atoms with Crippen molar-refractivity contribution in [2.75, 3.05) is 0 Å². The molecule has 3 rings (SSSR count). The molecule has 0 spiro atoms. The van der Waals surface area contributed by atoms with Gasteiger partial charge in [0.25, 0.3) is 0 Å². The maximum atomic E-state index is 9.69. The summed E-state index contributed by atoms with van der Waals surface area (Å²) in [4.78, 5) is 0. The number of aromatic hydroxyl groups is 1. The van der Waals surface area contributed by atoms with Crippen LogP contribution in [0.2, 0.25) is 0 Å². The number of hydrogen-bond donors (Lipinski definition) is 2. The number of rotatable bonds is 3. The van der Waals surface area contributed by atoms with E-state index in [2.05, 4.69) is 18.0 Å². The fourth-order valence-electron chi connectivity index (χ4n) is 3.63. The first-order valence-electron chi connectivity index (χ1n) is 7.64. The molecule has 1 aromatic carbocycles. The van der Waals surface area contributed by atoms with E-state index in [1.165, 1.54) is 31.2 Å². The summed E-state index contributed by atoms with van der Waals surface area (Å²) in [6.07, 6.45) is 9.24. The van der Waals surface area contributed by atoms with Crippen LogP contribution in [0.1, 0.15) is 50.1 Å². The van der Waals surface area contributed by atoms with Crippen LogP contribution in [0.5, 0.6) is 5.75 Å². The Kier molecular flexibility index (Phi) is 3.93. The molecule has 1 heterocycles. The van der Waals surface area contributed by atoms with Gasteiger partial charge in [-0.1, -0.05) is 29.4 Å². The maximum absolute atomic E-state index is 9.69. The third-order valence-corrected chi connectivity index (χ3v) is 4.58. The van der Waals surface area contributed by atoms with Crippen molar-refractivity contribution in [3.63, 3.8) is 0 Å². The number of phenolic OH excluding ortho intramolecular Hbond substituents is 1. The topological polar surface area (TPSA) is 32.3 Å². The van der Waals surface area contributed by atoms with Gasteiger partial charge in [0.15, 0.2) is 0 Å². The lowest BCUT2D eigenvalue weighted by molar-refractivity contribution is 0.399. The highest BCUT2D eigenvalue weighted by atomic mass is 16.3. The van der Waals surface area contributed by atoms with Gasteiger partial charge in [0.1, 0.15) is 5.75 Å². The molecule has 0 saturated heterocycles. The Bertz CT molecular complexity index is 532. The van der Waals surface area contributed by atoms with Crippen LogP contribution in [0.25, 0.3) is 0 Å². The lowest BCUT2D eigenvalue weighted by atomic mass is 9.79. The maximum Gasteiger partial charge on any atom is 0.115 e. The van der Waals surface area contributed by atoms with E-state index in [0.29, 0.717) is 17.8 Å². The Hall–Kier alpha value is -1.54. The molecule has 2 nitrogen and oxygen atoms in total. The summed E-state index contributed by atoms with van der Waals surface area (Å²) in [5, 5.41) is 13.4. The van der Waals surface area contributed by atoms with Crippen molar-refractivity contribution in [1.82, 2.24) is 5.32 Å². The van der Waals surface area contributed by atoms with Crippen LogP contribution in [-0.4, -0.2) is 11.1 Å². The van der Waals surface area contributed by atoms with Gasteiger partial charge in [0.05, 0.1) is 0 Å². The Morgan fingerprint density at radius 1 is 1.30 bits per heavy atom. The second kappa shape index (κ2) is 5.84. The van der Waals surface area contributed by atoms with Crippen molar-refractivity contribution in [3.05, 3.63) is 53.6 Å². The van der Waals surface area contributed by atoms with Gasteiger partial charge in [-0.2, -0.15) is 0 Å². The van der Waals surface area contributed by atoms with E-state index in [0.717, 1.165) is 12.8 Å². The molecule has 0 aromatic heterocycles. The van der Waals surface area contributed by atoms with Crippen LogP contribution >= 0.6 is 0 Å². The van der Waals surface area contributed by atoms with Crippen LogP contribution in [0.15, 0.2) is 48.1 Å². The van der Waals surface area contributed by atoms with Gasteiger partial charge in [0, 0.05) is 12.1 Å². The third-order valence-electron chi connectivity index (χ3n) is 4.58.